The first-order valence-corrected chi connectivity index (χ1v) is 14.3. The van der Waals surface area contributed by atoms with E-state index in [0.29, 0.717) is 36.6 Å². The number of carbonyl (C=O) groups is 1. The predicted molar refractivity (Wildman–Crippen MR) is 152 cm³/mol. The molecule has 3 rings (SSSR count). The second kappa shape index (κ2) is 12.1. The summed E-state index contributed by atoms with van der Waals surface area (Å²) in [5.74, 6) is 0.387. The van der Waals surface area contributed by atoms with Gasteiger partial charge < -0.3 is 15.4 Å². The van der Waals surface area contributed by atoms with Gasteiger partial charge >= 0.3 is 6.09 Å². The molecule has 2 aliphatic rings. The molecule has 0 bridgehead atoms. The van der Waals surface area contributed by atoms with Crippen molar-refractivity contribution in [1.29, 1.82) is 0 Å². The number of alkyl carbamates (subject to hydrolysis) is 1. The standard InChI is InChI=1S/C32H49FN2O2/c1-8-11-20-34-29(36)37-27-21-28(35-22-27)32(33,25-16-12-23(13-17-25)30(4,5)9-2)26-18-14-24(15-19-26)31(6,7)10-3/h12-14,16-19,24,27-28,35H,8-11,15,20-22H2,1-7H3,(H,34,36). The maximum Gasteiger partial charge on any atom is 0.407 e. The number of amides is 1. The van der Waals surface area contributed by atoms with Gasteiger partial charge in [0.25, 0.3) is 0 Å². The zero-order chi connectivity index (χ0) is 27.3. The molecule has 4 atom stereocenters. The second-order valence-electron chi connectivity index (χ2n) is 12.2. The molecule has 4 nitrogen and oxygen atoms in total. The molecule has 0 saturated carbocycles. The van der Waals surface area contributed by atoms with E-state index in [-0.39, 0.29) is 16.9 Å². The van der Waals surface area contributed by atoms with Gasteiger partial charge in [-0.25, -0.2) is 9.18 Å². The maximum absolute atomic E-state index is 17.6. The van der Waals surface area contributed by atoms with Gasteiger partial charge in [-0.15, -0.1) is 0 Å². The monoisotopic (exact) mass is 512 g/mol. The zero-order valence-corrected chi connectivity index (χ0v) is 24.1. The summed E-state index contributed by atoms with van der Waals surface area (Å²) < 4.78 is 23.2. The molecule has 206 valence electrons. The SMILES string of the molecule is CCCCNC(=O)OC1CNC(C(F)(C2=CCC(C(C)(C)CC)C=C2)c2ccc(C(C)(C)CC)cc2)C1. The number of nitrogens with one attached hydrogen (secondary N) is 2. The fraction of sp³-hybridized carbons (Fsp3) is 0.656. The van der Waals surface area contributed by atoms with Crippen molar-refractivity contribution in [2.45, 2.75) is 110 Å². The van der Waals surface area contributed by atoms with Crippen LogP contribution in [0.5, 0.6) is 0 Å². The van der Waals surface area contributed by atoms with Gasteiger partial charge in [-0.2, -0.15) is 0 Å². The summed E-state index contributed by atoms with van der Waals surface area (Å²) in [5, 5.41) is 6.17. The van der Waals surface area contributed by atoms with Gasteiger partial charge in [-0.1, -0.05) is 104 Å². The summed E-state index contributed by atoms with van der Waals surface area (Å²) in [7, 11) is 0. The molecular formula is C32H49FN2O2. The first-order valence-electron chi connectivity index (χ1n) is 14.3. The van der Waals surface area contributed by atoms with Crippen molar-refractivity contribution in [3.63, 3.8) is 0 Å². The zero-order valence-electron chi connectivity index (χ0n) is 24.1. The van der Waals surface area contributed by atoms with Crippen LogP contribution in [0.15, 0.2) is 48.1 Å². The number of rotatable bonds is 11. The molecule has 37 heavy (non-hydrogen) atoms. The highest BCUT2D eigenvalue weighted by Gasteiger charge is 2.48. The molecule has 1 aliphatic heterocycles. The molecule has 1 heterocycles. The van der Waals surface area contributed by atoms with Crippen molar-refractivity contribution in [1.82, 2.24) is 10.6 Å². The molecule has 4 unspecified atom stereocenters. The fourth-order valence-corrected chi connectivity index (χ4v) is 5.33. The van der Waals surface area contributed by atoms with Gasteiger partial charge in [0.2, 0.25) is 0 Å². The lowest BCUT2D eigenvalue weighted by Gasteiger charge is -2.38. The Morgan fingerprint density at radius 1 is 1.08 bits per heavy atom. The van der Waals surface area contributed by atoms with E-state index in [1.807, 2.05) is 18.2 Å². The highest BCUT2D eigenvalue weighted by molar-refractivity contribution is 5.67. The van der Waals surface area contributed by atoms with Crippen molar-refractivity contribution in [3.8, 4) is 0 Å². The molecule has 1 fully saturated rings. The lowest BCUT2D eigenvalue weighted by Crippen LogP contribution is -2.43. The Balaban J connectivity index is 1.87. The number of hydrogen-bond donors (Lipinski definition) is 2. The van der Waals surface area contributed by atoms with Gasteiger partial charge in [0.05, 0.1) is 6.04 Å². The van der Waals surface area contributed by atoms with Crippen molar-refractivity contribution >= 4 is 6.09 Å². The highest BCUT2D eigenvalue weighted by atomic mass is 19.1. The number of alkyl halides is 1. The van der Waals surface area contributed by atoms with E-state index < -0.39 is 17.8 Å². The Hall–Kier alpha value is -2.14. The molecule has 1 aromatic rings. The summed E-state index contributed by atoms with van der Waals surface area (Å²) in [4.78, 5) is 12.2. The van der Waals surface area contributed by atoms with Gasteiger partial charge in [0.15, 0.2) is 5.67 Å². The van der Waals surface area contributed by atoms with Gasteiger partial charge in [0.1, 0.15) is 6.10 Å². The van der Waals surface area contributed by atoms with E-state index in [2.05, 4.69) is 83.4 Å². The molecule has 0 radical (unpaired) electrons. The minimum atomic E-state index is -1.72. The van der Waals surface area contributed by atoms with Gasteiger partial charge in [0, 0.05) is 19.5 Å². The molecule has 1 saturated heterocycles. The second-order valence-corrected chi connectivity index (χ2v) is 12.2. The number of allylic oxidation sites excluding steroid dienone is 3. The van der Waals surface area contributed by atoms with Crippen molar-refractivity contribution in [3.05, 3.63) is 59.2 Å². The third kappa shape index (κ3) is 6.66. The summed E-state index contributed by atoms with van der Waals surface area (Å²) in [6.45, 7) is 16.5. The Bertz CT molecular complexity index is 966. The molecule has 1 aromatic carbocycles. The number of unbranched alkanes of at least 4 members (excludes halogenated alkanes) is 1. The van der Waals surface area contributed by atoms with E-state index in [4.69, 9.17) is 4.74 Å². The van der Waals surface area contributed by atoms with Crippen LogP contribution in [-0.2, 0) is 15.8 Å². The molecule has 2 N–H and O–H groups in total. The smallest absolute Gasteiger partial charge is 0.407 e. The fourth-order valence-electron chi connectivity index (χ4n) is 5.33. The van der Waals surface area contributed by atoms with Crippen LogP contribution in [0.25, 0.3) is 0 Å². The maximum atomic E-state index is 17.6. The normalized spacial score (nSPS) is 23.9. The van der Waals surface area contributed by atoms with Crippen molar-refractivity contribution in [2.75, 3.05) is 13.1 Å². The average molecular weight is 513 g/mol. The predicted octanol–water partition coefficient (Wildman–Crippen LogP) is 7.73. The summed E-state index contributed by atoms with van der Waals surface area (Å²) >= 11 is 0. The third-order valence-electron chi connectivity index (χ3n) is 9.05. The lowest BCUT2D eigenvalue weighted by molar-refractivity contribution is 0.0975. The van der Waals surface area contributed by atoms with E-state index in [1.165, 1.54) is 5.56 Å². The first-order chi connectivity index (χ1) is 17.5. The number of ether oxygens (including phenoxy) is 1. The molecule has 1 amide bonds. The molecule has 0 spiro atoms. The van der Waals surface area contributed by atoms with Crippen LogP contribution in [0.1, 0.15) is 98.1 Å². The van der Waals surface area contributed by atoms with E-state index >= 15 is 4.39 Å². The van der Waals surface area contributed by atoms with E-state index in [0.717, 1.165) is 32.1 Å². The van der Waals surface area contributed by atoms with Gasteiger partial charge in [-0.3, -0.25) is 0 Å². The minimum Gasteiger partial charge on any atom is -0.445 e. The largest absolute Gasteiger partial charge is 0.445 e. The number of halogens is 1. The van der Waals surface area contributed by atoms with Crippen LogP contribution < -0.4 is 10.6 Å². The number of hydrogen-bond acceptors (Lipinski definition) is 3. The summed E-state index contributed by atoms with van der Waals surface area (Å²) in [5.41, 5.74) is 1.05. The Morgan fingerprint density at radius 3 is 2.32 bits per heavy atom. The topological polar surface area (TPSA) is 50.4 Å². The molecule has 1 aliphatic carbocycles. The molecular weight excluding hydrogens is 463 g/mol. The Labute approximate surface area is 224 Å². The Morgan fingerprint density at radius 2 is 1.76 bits per heavy atom. The number of benzene rings is 1. The first kappa shape index (κ1) is 29.4. The quantitative estimate of drug-likeness (QED) is 0.298. The number of carbonyl (C=O) groups excluding carboxylic acids is 1. The van der Waals surface area contributed by atoms with Crippen LogP contribution in [0.4, 0.5) is 9.18 Å². The van der Waals surface area contributed by atoms with E-state index in [9.17, 15) is 4.79 Å². The van der Waals surface area contributed by atoms with Crippen LogP contribution in [0, 0.1) is 11.3 Å². The molecule has 0 aromatic heterocycles. The summed E-state index contributed by atoms with van der Waals surface area (Å²) in [6, 6.07) is 7.58. The van der Waals surface area contributed by atoms with Crippen LogP contribution in [0.3, 0.4) is 0 Å². The highest BCUT2D eigenvalue weighted by Crippen LogP contribution is 2.46. The van der Waals surface area contributed by atoms with Crippen LogP contribution in [-0.4, -0.2) is 31.3 Å². The minimum absolute atomic E-state index is 0.0378. The lowest BCUT2D eigenvalue weighted by atomic mass is 9.70. The third-order valence-corrected chi connectivity index (χ3v) is 9.05. The van der Waals surface area contributed by atoms with Crippen LogP contribution in [0.2, 0.25) is 0 Å². The van der Waals surface area contributed by atoms with Gasteiger partial charge in [-0.05, 0) is 52.7 Å². The van der Waals surface area contributed by atoms with Crippen LogP contribution >= 0.6 is 0 Å². The molecule has 5 heteroatoms. The van der Waals surface area contributed by atoms with E-state index in [1.54, 1.807) is 0 Å². The summed E-state index contributed by atoms with van der Waals surface area (Å²) in [6.07, 6.45) is 10.8. The average Bonchev–Trinajstić information content (AvgIpc) is 3.37. The Kier molecular flexibility index (Phi) is 9.66. The van der Waals surface area contributed by atoms with Crippen molar-refractivity contribution < 1.29 is 13.9 Å². The van der Waals surface area contributed by atoms with Crippen molar-refractivity contribution in [2.24, 2.45) is 11.3 Å².